The molecule has 0 heterocycles. The second kappa shape index (κ2) is 11.3. The molecule has 16 heavy (non-hydrogen) atoms. The zero-order valence-electron chi connectivity index (χ0n) is 8.58. The van der Waals surface area contributed by atoms with Crippen LogP contribution in [0.5, 0.6) is 0 Å². The van der Waals surface area contributed by atoms with Crippen molar-refractivity contribution in [3.8, 4) is 0 Å². The Labute approximate surface area is 117 Å². The first-order chi connectivity index (χ1) is 7.60. The molecule has 0 aliphatic rings. The fourth-order valence-corrected chi connectivity index (χ4v) is 2.67. The van der Waals surface area contributed by atoms with Gasteiger partial charge in [0.1, 0.15) is 13.2 Å². The van der Waals surface area contributed by atoms with Crippen molar-refractivity contribution in [1.29, 1.82) is 0 Å². The van der Waals surface area contributed by atoms with E-state index in [1.54, 1.807) is 0 Å². The number of rotatable bonds is 10. The van der Waals surface area contributed by atoms with Gasteiger partial charge in [-0.1, -0.05) is 0 Å². The standard InChI is InChI=1S/C8H14Cl4O3P/c9-3-1-7(11)5-14-16(13)15-6-8(12)2-4-10/h7-8H,1-6H2/q+1. The lowest BCUT2D eigenvalue weighted by molar-refractivity contribution is 0.223. The SMILES string of the molecule is O=[P+](OCC(Cl)CCCl)OCC(Cl)CCCl. The van der Waals surface area contributed by atoms with Crippen LogP contribution in [0.1, 0.15) is 12.8 Å². The van der Waals surface area contributed by atoms with Crippen molar-refractivity contribution >= 4 is 54.7 Å². The second-order valence-corrected chi connectivity index (χ2v) is 5.92. The molecule has 0 spiro atoms. The van der Waals surface area contributed by atoms with Crippen LogP contribution >= 0.6 is 54.7 Å². The highest BCUT2D eigenvalue weighted by Crippen LogP contribution is 2.26. The van der Waals surface area contributed by atoms with E-state index in [9.17, 15) is 4.57 Å². The average Bonchev–Trinajstić information content (AvgIpc) is 2.24. The summed E-state index contributed by atoms with van der Waals surface area (Å²) < 4.78 is 21.0. The molecular formula is C8H14Cl4O3P+. The molecule has 0 aromatic carbocycles. The fraction of sp³-hybridized carbons (Fsp3) is 1.00. The third kappa shape index (κ3) is 10.3. The van der Waals surface area contributed by atoms with Crippen LogP contribution in [0, 0.1) is 0 Å². The number of alkyl halides is 4. The van der Waals surface area contributed by atoms with Crippen molar-refractivity contribution in [3.63, 3.8) is 0 Å². The maximum Gasteiger partial charge on any atom is 0.697 e. The maximum absolute atomic E-state index is 11.2. The molecule has 0 saturated heterocycles. The van der Waals surface area contributed by atoms with Gasteiger partial charge in [0, 0.05) is 16.3 Å². The smallest absolute Gasteiger partial charge is 0.127 e. The van der Waals surface area contributed by atoms with E-state index in [0.717, 1.165) is 0 Å². The predicted molar refractivity (Wildman–Crippen MR) is 69.5 cm³/mol. The molecular weight excluding hydrogens is 317 g/mol. The van der Waals surface area contributed by atoms with E-state index in [1.807, 2.05) is 0 Å². The lowest BCUT2D eigenvalue weighted by atomic mass is 10.3. The molecule has 0 bridgehead atoms. The summed E-state index contributed by atoms with van der Waals surface area (Å²) in [7, 11) is -2.17. The van der Waals surface area contributed by atoms with Gasteiger partial charge in [0.05, 0.1) is 10.8 Å². The summed E-state index contributed by atoms with van der Waals surface area (Å²) in [5.74, 6) is 0.878. The Kier molecular flexibility index (Phi) is 12.1. The Bertz CT molecular complexity index is 178. The first kappa shape index (κ1) is 17.2. The molecule has 2 unspecified atom stereocenters. The predicted octanol–water partition coefficient (Wildman–Crippen LogP) is 4.15. The highest BCUT2D eigenvalue weighted by atomic mass is 35.5. The van der Waals surface area contributed by atoms with Crippen molar-refractivity contribution in [1.82, 2.24) is 0 Å². The van der Waals surface area contributed by atoms with E-state index in [-0.39, 0.29) is 24.0 Å². The van der Waals surface area contributed by atoms with Crippen LogP contribution in [-0.4, -0.2) is 35.7 Å². The van der Waals surface area contributed by atoms with Crippen LogP contribution in [0.15, 0.2) is 0 Å². The van der Waals surface area contributed by atoms with Gasteiger partial charge in [-0.05, 0) is 12.8 Å². The summed E-state index contributed by atoms with van der Waals surface area (Å²) in [5, 5.41) is -0.510. The zero-order valence-corrected chi connectivity index (χ0v) is 12.5. The van der Waals surface area contributed by atoms with Crippen LogP contribution in [0.25, 0.3) is 0 Å². The van der Waals surface area contributed by atoms with Crippen LogP contribution in [-0.2, 0) is 13.6 Å². The van der Waals surface area contributed by atoms with Crippen molar-refractivity contribution in [2.75, 3.05) is 25.0 Å². The minimum absolute atomic E-state index is 0.145. The van der Waals surface area contributed by atoms with Gasteiger partial charge in [-0.25, -0.2) is 0 Å². The third-order valence-electron chi connectivity index (χ3n) is 1.57. The van der Waals surface area contributed by atoms with Crippen LogP contribution in [0.4, 0.5) is 0 Å². The number of hydrogen-bond acceptors (Lipinski definition) is 3. The summed E-state index contributed by atoms with van der Waals surface area (Å²) in [4.78, 5) is 0. The Morgan fingerprint density at radius 2 is 1.31 bits per heavy atom. The quantitative estimate of drug-likeness (QED) is 0.446. The Hall–Kier alpha value is 1.18. The average molecular weight is 331 g/mol. The minimum Gasteiger partial charge on any atom is -0.127 e. The summed E-state index contributed by atoms with van der Waals surface area (Å²) in [6, 6.07) is 0. The molecule has 0 amide bonds. The van der Waals surface area contributed by atoms with Crippen molar-refractivity contribution in [2.24, 2.45) is 0 Å². The molecule has 0 aliphatic heterocycles. The molecule has 0 aliphatic carbocycles. The molecule has 0 aromatic heterocycles. The van der Waals surface area contributed by atoms with E-state index in [2.05, 4.69) is 0 Å². The van der Waals surface area contributed by atoms with Crippen molar-refractivity contribution in [2.45, 2.75) is 23.6 Å². The molecule has 3 nitrogen and oxygen atoms in total. The van der Waals surface area contributed by atoms with E-state index >= 15 is 0 Å². The largest absolute Gasteiger partial charge is 0.697 e. The maximum atomic E-state index is 11.2. The second-order valence-electron chi connectivity index (χ2n) is 2.97. The van der Waals surface area contributed by atoms with Gasteiger partial charge in [0.25, 0.3) is 0 Å². The molecule has 0 N–H and O–H groups in total. The third-order valence-corrected chi connectivity index (χ3v) is 3.41. The van der Waals surface area contributed by atoms with Gasteiger partial charge in [-0.15, -0.1) is 55.5 Å². The molecule has 0 aromatic rings. The first-order valence-corrected chi connectivity index (χ1v) is 7.77. The molecule has 0 fully saturated rings. The molecule has 8 heteroatoms. The van der Waals surface area contributed by atoms with Gasteiger partial charge >= 0.3 is 8.25 Å². The zero-order chi connectivity index (χ0) is 12.4. The molecule has 0 saturated carbocycles. The summed E-state index contributed by atoms with van der Waals surface area (Å²) in [6.45, 7) is 0.290. The van der Waals surface area contributed by atoms with Gasteiger partial charge in [-0.3, -0.25) is 0 Å². The molecule has 0 rings (SSSR count). The van der Waals surface area contributed by atoms with E-state index < -0.39 is 8.25 Å². The van der Waals surface area contributed by atoms with E-state index in [1.165, 1.54) is 0 Å². The lowest BCUT2D eigenvalue weighted by Gasteiger charge is -2.02. The van der Waals surface area contributed by atoms with Crippen LogP contribution < -0.4 is 0 Å². The summed E-state index contributed by atoms with van der Waals surface area (Å²) >= 11 is 22.6. The van der Waals surface area contributed by atoms with Gasteiger partial charge in [-0.2, -0.15) is 0 Å². The van der Waals surface area contributed by atoms with Gasteiger partial charge in [0.15, 0.2) is 0 Å². The van der Waals surface area contributed by atoms with Crippen LogP contribution in [0.3, 0.4) is 0 Å². The molecule has 2 atom stereocenters. The highest BCUT2D eigenvalue weighted by Gasteiger charge is 2.24. The fourth-order valence-electron chi connectivity index (χ4n) is 0.724. The molecule has 0 radical (unpaired) electrons. The van der Waals surface area contributed by atoms with Gasteiger partial charge in [0.2, 0.25) is 0 Å². The summed E-state index contributed by atoms with van der Waals surface area (Å²) in [5.41, 5.74) is 0. The van der Waals surface area contributed by atoms with E-state index in [4.69, 9.17) is 55.5 Å². The molecule has 96 valence electrons. The summed E-state index contributed by atoms with van der Waals surface area (Å²) in [6.07, 6.45) is 1.19. The number of halogens is 4. The Morgan fingerprint density at radius 3 is 1.62 bits per heavy atom. The van der Waals surface area contributed by atoms with Gasteiger partial charge < -0.3 is 0 Å². The topological polar surface area (TPSA) is 35.5 Å². The first-order valence-electron chi connectivity index (χ1n) is 4.73. The Morgan fingerprint density at radius 1 is 0.938 bits per heavy atom. The normalized spacial score (nSPS) is 15.9. The minimum atomic E-state index is -2.17. The monoisotopic (exact) mass is 329 g/mol. The van der Waals surface area contributed by atoms with Crippen LogP contribution in [0.2, 0.25) is 0 Å². The van der Waals surface area contributed by atoms with Crippen molar-refractivity contribution < 1.29 is 13.6 Å². The highest BCUT2D eigenvalue weighted by molar-refractivity contribution is 7.33. The Balaban J connectivity index is 3.51. The number of hydrogen-bond donors (Lipinski definition) is 0. The van der Waals surface area contributed by atoms with Crippen molar-refractivity contribution in [3.05, 3.63) is 0 Å². The van der Waals surface area contributed by atoms with E-state index in [0.29, 0.717) is 24.6 Å². The lowest BCUT2D eigenvalue weighted by Crippen LogP contribution is -2.09.